The summed E-state index contributed by atoms with van der Waals surface area (Å²) in [6, 6.07) is 9.14. The third-order valence-electron chi connectivity index (χ3n) is 3.38. The maximum atomic E-state index is 12.7. The number of sulfone groups is 1. The number of benzene rings is 1. The fraction of sp³-hybridized carbons (Fsp3) is 0.0667. The minimum absolute atomic E-state index is 0.0593. The molecule has 3 rings (SSSR count). The van der Waals surface area contributed by atoms with Crippen molar-refractivity contribution in [3.05, 3.63) is 58.9 Å². The molecule has 3 aromatic rings. The van der Waals surface area contributed by atoms with Gasteiger partial charge in [0.15, 0.2) is 0 Å². The third-order valence-corrected chi connectivity index (χ3v) is 4.86. The first-order chi connectivity index (χ1) is 10.7. The highest BCUT2D eigenvalue weighted by atomic mass is 32.2. The number of hydrogen-bond acceptors (Lipinski definition) is 4. The Morgan fingerprint density at radius 2 is 1.61 bits per heavy atom. The monoisotopic (exact) mass is 339 g/mol. The molecule has 2 aromatic carbocycles. The molecule has 0 amide bonds. The molecule has 0 atom stereocenters. The van der Waals surface area contributed by atoms with Crippen molar-refractivity contribution in [1.29, 1.82) is 0 Å². The van der Waals surface area contributed by atoms with Gasteiger partial charge >= 0.3 is 5.51 Å². The molecule has 118 valence electrons. The molecule has 0 unspecified atom stereocenters. The predicted octanol–water partition coefficient (Wildman–Crippen LogP) is 3.04. The van der Waals surface area contributed by atoms with Gasteiger partial charge in [0.05, 0.1) is 4.90 Å². The Morgan fingerprint density at radius 3 is 2.30 bits per heavy atom. The minimum Gasteiger partial charge on any atom is -0.287 e. The molecule has 0 saturated carbocycles. The van der Waals surface area contributed by atoms with Crippen molar-refractivity contribution >= 4 is 31.5 Å². The van der Waals surface area contributed by atoms with E-state index in [1.54, 1.807) is 18.2 Å². The third kappa shape index (κ3) is 2.44. The van der Waals surface area contributed by atoms with Gasteiger partial charge in [0.1, 0.15) is 5.52 Å². The Hall–Kier alpha value is -2.48. The van der Waals surface area contributed by atoms with E-state index in [2.05, 4.69) is 4.98 Å². The van der Waals surface area contributed by atoms with E-state index in [9.17, 15) is 26.4 Å². The Bertz CT molecular complexity index is 1090. The molecular weight excluding hydrogens is 331 g/mol. The highest BCUT2D eigenvalue weighted by Crippen LogP contribution is 2.31. The van der Waals surface area contributed by atoms with Gasteiger partial charge in [0.25, 0.3) is 9.84 Å². The average molecular weight is 339 g/mol. The van der Waals surface area contributed by atoms with Crippen molar-refractivity contribution in [1.82, 2.24) is 4.98 Å². The Balaban J connectivity index is 2.44. The number of fused-ring (bicyclic) bond motifs is 2. The van der Waals surface area contributed by atoms with Crippen LogP contribution >= 0.6 is 0 Å². The maximum absolute atomic E-state index is 12.7. The van der Waals surface area contributed by atoms with Gasteiger partial charge < -0.3 is 0 Å². The molecule has 1 heterocycles. The van der Waals surface area contributed by atoms with Crippen molar-refractivity contribution in [3.63, 3.8) is 0 Å². The van der Waals surface area contributed by atoms with E-state index in [4.69, 9.17) is 0 Å². The second-order valence-electron chi connectivity index (χ2n) is 4.80. The van der Waals surface area contributed by atoms with Gasteiger partial charge in [-0.2, -0.15) is 13.2 Å². The summed E-state index contributed by atoms with van der Waals surface area (Å²) in [5.41, 5.74) is -6.00. The van der Waals surface area contributed by atoms with Crippen molar-refractivity contribution < 1.29 is 21.6 Å². The van der Waals surface area contributed by atoms with Crippen LogP contribution in [0.15, 0.2) is 58.4 Å². The summed E-state index contributed by atoms with van der Waals surface area (Å²) in [5.74, 6) is 0. The Morgan fingerprint density at radius 1 is 0.957 bits per heavy atom. The fourth-order valence-corrected chi connectivity index (χ4v) is 3.01. The van der Waals surface area contributed by atoms with Gasteiger partial charge in [-0.25, -0.2) is 8.42 Å². The van der Waals surface area contributed by atoms with Gasteiger partial charge in [0.2, 0.25) is 5.43 Å². The number of halogens is 3. The van der Waals surface area contributed by atoms with Crippen LogP contribution in [0.4, 0.5) is 13.2 Å². The maximum Gasteiger partial charge on any atom is 0.501 e. The molecule has 1 aromatic heterocycles. The van der Waals surface area contributed by atoms with E-state index < -0.39 is 25.7 Å². The number of rotatable bonds is 1. The van der Waals surface area contributed by atoms with E-state index in [1.807, 2.05) is 0 Å². The normalized spacial score (nSPS) is 12.7. The van der Waals surface area contributed by atoms with Crippen molar-refractivity contribution in [3.8, 4) is 0 Å². The van der Waals surface area contributed by atoms with Crippen LogP contribution in [-0.4, -0.2) is 18.9 Å². The van der Waals surface area contributed by atoms with E-state index in [1.165, 1.54) is 18.3 Å². The lowest BCUT2D eigenvalue weighted by atomic mass is 10.2. The van der Waals surface area contributed by atoms with Crippen LogP contribution in [0.5, 0.6) is 0 Å². The first kappa shape index (κ1) is 15.4. The quantitative estimate of drug-likeness (QED) is 0.684. The molecular formula is C15H8F3NO3S. The second-order valence-corrected chi connectivity index (χ2v) is 6.74. The van der Waals surface area contributed by atoms with Gasteiger partial charge in [0, 0.05) is 17.0 Å². The zero-order valence-electron chi connectivity index (χ0n) is 11.3. The Kier molecular flexibility index (Phi) is 3.36. The Labute approximate surface area is 128 Å². The molecule has 0 aliphatic rings. The lowest BCUT2D eigenvalue weighted by Crippen LogP contribution is -2.23. The number of alkyl halides is 3. The van der Waals surface area contributed by atoms with E-state index in [0.717, 1.165) is 12.1 Å². The van der Waals surface area contributed by atoms with Crippen LogP contribution in [0.1, 0.15) is 0 Å². The molecule has 0 fully saturated rings. The summed E-state index contributed by atoms with van der Waals surface area (Å²) >= 11 is 0. The van der Waals surface area contributed by atoms with Crippen LogP contribution < -0.4 is 5.43 Å². The molecule has 0 spiro atoms. The summed E-state index contributed by atoms with van der Waals surface area (Å²) in [4.78, 5) is 15.4. The zero-order chi connectivity index (χ0) is 16.8. The highest BCUT2D eigenvalue weighted by molar-refractivity contribution is 7.92. The lowest BCUT2D eigenvalue weighted by molar-refractivity contribution is -0.0435. The standard InChI is InChI=1S/C15H8F3NO3S/c16-15(17,18)23(21,22)11-6-5-9-3-4-10-2-1-7-19-13(10)14(20)12(9)8-11/h1-8H. The van der Waals surface area contributed by atoms with Gasteiger partial charge in [-0.3, -0.25) is 9.78 Å². The van der Waals surface area contributed by atoms with Crippen LogP contribution in [-0.2, 0) is 9.84 Å². The first-order valence-electron chi connectivity index (χ1n) is 6.35. The van der Waals surface area contributed by atoms with Crippen LogP contribution in [0, 0.1) is 0 Å². The molecule has 23 heavy (non-hydrogen) atoms. The van der Waals surface area contributed by atoms with Crippen LogP contribution in [0.25, 0.3) is 21.7 Å². The van der Waals surface area contributed by atoms with E-state index in [0.29, 0.717) is 10.8 Å². The first-order valence-corrected chi connectivity index (χ1v) is 7.83. The molecule has 0 radical (unpaired) electrons. The highest BCUT2D eigenvalue weighted by Gasteiger charge is 2.46. The van der Waals surface area contributed by atoms with Gasteiger partial charge in [-0.05, 0) is 23.6 Å². The van der Waals surface area contributed by atoms with Crippen molar-refractivity contribution in [2.75, 3.05) is 0 Å². The van der Waals surface area contributed by atoms with Crippen LogP contribution in [0.3, 0.4) is 0 Å². The minimum atomic E-state index is -5.52. The summed E-state index contributed by atoms with van der Waals surface area (Å²) in [6.45, 7) is 0. The molecule has 0 N–H and O–H groups in total. The number of hydrogen-bond donors (Lipinski definition) is 0. The SMILES string of the molecule is O=c1c2cc(S(=O)(=O)C(F)(F)F)ccc2ccc2cccnc12. The summed E-state index contributed by atoms with van der Waals surface area (Å²) in [6.07, 6.45) is 1.38. The molecule has 0 aliphatic carbocycles. The largest absolute Gasteiger partial charge is 0.501 e. The predicted molar refractivity (Wildman–Crippen MR) is 78.8 cm³/mol. The topological polar surface area (TPSA) is 64.1 Å². The number of nitrogens with zero attached hydrogens (tertiary/aromatic N) is 1. The molecule has 0 bridgehead atoms. The molecule has 8 heteroatoms. The summed E-state index contributed by atoms with van der Waals surface area (Å²) in [7, 11) is -5.52. The van der Waals surface area contributed by atoms with Gasteiger partial charge in [-0.15, -0.1) is 0 Å². The second kappa shape index (κ2) is 5.02. The number of pyridine rings is 1. The number of aromatic nitrogens is 1. The fourth-order valence-electron chi connectivity index (χ4n) is 2.23. The smallest absolute Gasteiger partial charge is 0.287 e. The van der Waals surface area contributed by atoms with Crippen molar-refractivity contribution in [2.24, 2.45) is 0 Å². The van der Waals surface area contributed by atoms with Crippen LogP contribution in [0.2, 0.25) is 0 Å². The lowest BCUT2D eigenvalue weighted by Gasteiger charge is -2.08. The average Bonchev–Trinajstić information content (AvgIpc) is 2.64. The molecule has 0 aliphatic heterocycles. The molecule has 0 saturated heterocycles. The summed E-state index contributed by atoms with van der Waals surface area (Å²) < 4.78 is 61.0. The molecule has 4 nitrogen and oxygen atoms in total. The van der Waals surface area contributed by atoms with Crippen molar-refractivity contribution in [2.45, 2.75) is 10.4 Å². The summed E-state index contributed by atoms with van der Waals surface area (Å²) in [5, 5.41) is 0.701. The van der Waals surface area contributed by atoms with E-state index in [-0.39, 0.29) is 10.9 Å². The van der Waals surface area contributed by atoms with Gasteiger partial charge in [-0.1, -0.05) is 24.3 Å². The van der Waals surface area contributed by atoms with E-state index >= 15 is 0 Å². The zero-order valence-corrected chi connectivity index (χ0v) is 12.1.